The van der Waals surface area contributed by atoms with Gasteiger partial charge in [0.25, 0.3) is 0 Å². The first-order valence-corrected chi connectivity index (χ1v) is 7.66. The summed E-state index contributed by atoms with van der Waals surface area (Å²) in [4.78, 5) is 4.36. The van der Waals surface area contributed by atoms with E-state index < -0.39 is 0 Å². The summed E-state index contributed by atoms with van der Waals surface area (Å²) in [5, 5.41) is 4.40. The van der Waals surface area contributed by atoms with Gasteiger partial charge in [0.2, 0.25) is 5.95 Å². The minimum absolute atomic E-state index is 0.350. The van der Waals surface area contributed by atoms with E-state index in [9.17, 15) is 0 Å². The normalized spacial score (nSPS) is 13.4. The maximum absolute atomic E-state index is 5.96. The monoisotopic (exact) mass is 316 g/mol. The molecule has 0 bridgehead atoms. The van der Waals surface area contributed by atoms with Crippen molar-refractivity contribution in [2.75, 3.05) is 12.3 Å². The van der Waals surface area contributed by atoms with Crippen LogP contribution in [-0.4, -0.2) is 22.5 Å². The molecular weight excluding hydrogens is 300 g/mol. The number of benzene rings is 2. The maximum atomic E-state index is 5.96. The van der Waals surface area contributed by atoms with Crippen molar-refractivity contribution in [3.8, 4) is 17.0 Å². The second kappa shape index (κ2) is 6.04. The molecule has 0 aliphatic carbocycles. The molecule has 0 saturated carbocycles. The van der Waals surface area contributed by atoms with Crippen LogP contribution in [0.1, 0.15) is 5.56 Å². The van der Waals surface area contributed by atoms with Gasteiger partial charge in [0.05, 0.1) is 18.1 Å². The number of para-hydroxylation sites is 1. The molecule has 1 aliphatic heterocycles. The summed E-state index contributed by atoms with van der Waals surface area (Å²) in [5.41, 5.74) is 9.79. The highest BCUT2D eigenvalue weighted by Crippen LogP contribution is 2.25. The quantitative estimate of drug-likeness (QED) is 0.753. The smallest absolute Gasteiger partial charge is 0.221 e. The van der Waals surface area contributed by atoms with Gasteiger partial charge in [-0.1, -0.05) is 48.5 Å². The number of hydrogen-bond donors (Lipinski definition) is 1. The van der Waals surface area contributed by atoms with Crippen LogP contribution < -0.4 is 10.5 Å². The first-order valence-electron chi connectivity index (χ1n) is 7.66. The third-order valence-corrected chi connectivity index (χ3v) is 3.79. The summed E-state index contributed by atoms with van der Waals surface area (Å²) in [7, 11) is 0. The molecule has 118 valence electrons. The van der Waals surface area contributed by atoms with Gasteiger partial charge in [-0.2, -0.15) is 5.10 Å². The summed E-state index contributed by atoms with van der Waals surface area (Å²) in [5.74, 6) is 1.24. The van der Waals surface area contributed by atoms with Gasteiger partial charge in [-0.25, -0.2) is 9.66 Å². The Morgan fingerprint density at radius 3 is 2.75 bits per heavy atom. The zero-order valence-corrected chi connectivity index (χ0v) is 13.0. The number of imidazole rings is 1. The van der Waals surface area contributed by atoms with E-state index in [2.05, 4.69) is 16.2 Å². The predicted octanol–water partition coefficient (Wildman–Crippen LogP) is 3.44. The fourth-order valence-corrected chi connectivity index (χ4v) is 2.57. The second-order valence-electron chi connectivity index (χ2n) is 5.49. The molecule has 3 aromatic rings. The van der Waals surface area contributed by atoms with Crippen LogP contribution in [0.15, 0.2) is 71.5 Å². The minimum atomic E-state index is 0.350. The Morgan fingerprint density at radius 1 is 1.08 bits per heavy atom. The molecule has 0 saturated heterocycles. The molecule has 0 atom stereocenters. The summed E-state index contributed by atoms with van der Waals surface area (Å²) in [6.45, 7) is 0.487. The Morgan fingerprint density at radius 2 is 1.88 bits per heavy atom. The van der Waals surface area contributed by atoms with Gasteiger partial charge < -0.3 is 10.5 Å². The van der Waals surface area contributed by atoms with E-state index in [1.54, 1.807) is 10.9 Å². The zero-order chi connectivity index (χ0) is 16.4. The molecule has 0 radical (unpaired) electrons. The van der Waals surface area contributed by atoms with Crippen molar-refractivity contribution in [1.29, 1.82) is 0 Å². The molecule has 0 unspecified atom stereocenters. The Balaban J connectivity index is 1.59. The molecule has 5 heteroatoms. The Labute approximate surface area is 139 Å². The van der Waals surface area contributed by atoms with E-state index in [1.165, 1.54) is 0 Å². The number of ether oxygens (including phenoxy) is 1. The summed E-state index contributed by atoms with van der Waals surface area (Å²) < 4.78 is 7.29. The van der Waals surface area contributed by atoms with Crippen molar-refractivity contribution < 1.29 is 4.74 Å². The lowest BCUT2D eigenvalue weighted by molar-refractivity contribution is 0.353. The van der Waals surface area contributed by atoms with Crippen LogP contribution in [0, 0.1) is 0 Å². The fourth-order valence-electron chi connectivity index (χ4n) is 2.57. The van der Waals surface area contributed by atoms with Crippen LogP contribution in [-0.2, 0) is 0 Å². The van der Waals surface area contributed by atoms with E-state index in [-0.39, 0.29) is 0 Å². The van der Waals surface area contributed by atoms with Crippen LogP contribution in [0.5, 0.6) is 5.75 Å². The molecule has 4 rings (SSSR count). The number of anilines is 1. The first-order chi connectivity index (χ1) is 11.8. The average molecular weight is 316 g/mol. The number of aromatic nitrogens is 2. The average Bonchev–Trinajstić information content (AvgIpc) is 3.01. The van der Waals surface area contributed by atoms with Crippen LogP contribution in [0.2, 0.25) is 0 Å². The Bertz CT molecular complexity index is 926. The molecule has 0 amide bonds. The first kappa shape index (κ1) is 14.3. The van der Waals surface area contributed by atoms with Crippen molar-refractivity contribution in [2.45, 2.75) is 0 Å². The lowest BCUT2D eigenvalue weighted by Crippen LogP contribution is -2.08. The number of fused-ring (bicyclic) bond motifs is 1. The third kappa shape index (κ3) is 2.79. The molecule has 1 aromatic heterocycles. The van der Waals surface area contributed by atoms with Gasteiger partial charge in [-0.15, -0.1) is 0 Å². The topological polar surface area (TPSA) is 65.4 Å². The molecule has 24 heavy (non-hydrogen) atoms. The molecule has 0 fully saturated rings. The van der Waals surface area contributed by atoms with Crippen LogP contribution in [0.3, 0.4) is 0 Å². The molecule has 2 N–H and O–H groups in total. The minimum Gasteiger partial charge on any atom is -0.488 e. The standard InChI is InChI=1S/C19H16N4O/c20-19-22-17(15-6-2-1-3-7-15)12-23(19)21-11-14-10-16-8-4-5-9-18(16)24-13-14/h1-12H,13H2,(H2,20,22). The van der Waals surface area contributed by atoms with E-state index in [4.69, 9.17) is 10.5 Å². The van der Waals surface area contributed by atoms with Gasteiger partial charge >= 0.3 is 0 Å². The highest BCUT2D eigenvalue weighted by Gasteiger charge is 2.10. The SMILES string of the molecule is Nc1nc(-c2ccccc2)cn1N=CC1=Cc2ccccc2OC1. The van der Waals surface area contributed by atoms with Crippen LogP contribution in [0.25, 0.3) is 17.3 Å². The van der Waals surface area contributed by atoms with Crippen molar-refractivity contribution in [2.24, 2.45) is 5.10 Å². The largest absolute Gasteiger partial charge is 0.488 e. The number of nitrogen functional groups attached to an aromatic ring is 1. The van der Waals surface area contributed by atoms with Crippen LogP contribution in [0.4, 0.5) is 5.95 Å². The Hall–Kier alpha value is -3.34. The van der Waals surface area contributed by atoms with E-state index in [0.29, 0.717) is 12.6 Å². The summed E-state index contributed by atoms with van der Waals surface area (Å²) in [6, 6.07) is 17.8. The van der Waals surface area contributed by atoms with Crippen molar-refractivity contribution in [3.05, 3.63) is 71.9 Å². The lowest BCUT2D eigenvalue weighted by atomic mass is 10.1. The number of nitrogens with two attached hydrogens (primary N) is 1. The Kier molecular flexibility index (Phi) is 3.59. The van der Waals surface area contributed by atoms with Crippen molar-refractivity contribution >= 4 is 18.2 Å². The van der Waals surface area contributed by atoms with Gasteiger partial charge in [0.15, 0.2) is 0 Å². The second-order valence-corrected chi connectivity index (χ2v) is 5.49. The van der Waals surface area contributed by atoms with E-state index >= 15 is 0 Å². The van der Waals surface area contributed by atoms with Crippen LogP contribution >= 0.6 is 0 Å². The van der Waals surface area contributed by atoms with Crippen molar-refractivity contribution in [3.63, 3.8) is 0 Å². The summed E-state index contributed by atoms with van der Waals surface area (Å²) >= 11 is 0. The number of hydrogen-bond acceptors (Lipinski definition) is 4. The maximum Gasteiger partial charge on any atom is 0.221 e. The third-order valence-electron chi connectivity index (χ3n) is 3.79. The van der Waals surface area contributed by atoms with E-state index in [0.717, 1.165) is 28.1 Å². The highest BCUT2D eigenvalue weighted by atomic mass is 16.5. The van der Waals surface area contributed by atoms with Gasteiger partial charge in [0, 0.05) is 16.7 Å². The predicted molar refractivity (Wildman–Crippen MR) is 95.9 cm³/mol. The van der Waals surface area contributed by atoms with Crippen molar-refractivity contribution in [1.82, 2.24) is 9.66 Å². The van der Waals surface area contributed by atoms with Gasteiger partial charge in [-0.05, 0) is 12.1 Å². The van der Waals surface area contributed by atoms with Gasteiger partial charge in [-0.3, -0.25) is 0 Å². The molecule has 1 aliphatic rings. The molecular formula is C19H16N4O. The van der Waals surface area contributed by atoms with E-state index in [1.807, 2.05) is 60.8 Å². The highest BCUT2D eigenvalue weighted by molar-refractivity contribution is 5.87. The lowest BCUT2D eigenvalue weighted by Gasteiger charge is -2.15. The zero-order valence-electron chi connectivity index (χ0n) is 13.0. The molecule has 5 nitrogen and oxygen atoms in total. The molecule has 2 heterocycles. The fraction of sp³-hybridized carbons (Fsp3) is 0.0526. The van der Waals surface area contributed by atoms with Gasteiger partial charge in [0.1, 0.15) is 12.4 Å². The molecule has 0 spiro atoms. The molecule has 2 aromatic carbocycles. The number of rotatable bonds is 3. The number of nitrogens with zero attached hydrogens (tertiary/aromatic N) is 3. The summed E-state index contributed by atoms with van der Waals surface area (Å²) in [6.07, 6.45) is 5.63.